The molecule has 0 radical (unpaired) electrons. The zero-order chi connectivity index (χ0) is 19.1. The van der Waals surface area contributed by atoms with Crippen molar-refractivity contribution < 1.29 is 33.7 Å². The van der Waals surface area contributed by atoms with Gasteiger partial charge in [-0.3, -0.25) is 9.59 Å². The van der Waals surface area contributed by atoms with Gasteiger partial charge in [-0.1, -0.05) is 13.8 Å². The number of carboxylic acids is 1. The summed E-state index contributed by atoms with van der Waals surface area (Å²) in [5, 5.41) is 11.6. The van der Waals surface area contributed by atoms with Gasteiger partial charge in [0.15, 0.2) is 18.1 Å². The Morgan fingerprint density at radius 1 is 1.16 bits per heavy atom. The number of benzene rings is 1. The van der Waals surface area contributed by atoms with Gasteiger partial charge >= 0.3 is 5.97 Å². The number of rotatable bonds is 9. The molecule has 0 aliphatic heterocycles. The molecule has 0 heterocycles. The Labute approximate surface area is 145 Å². The highest BCUT2D eigenvalue weighted by atomic mass is 16.5. The van der Waals surface area contributed by atoms with Crippen LogP contribution in [-0.2, 0) is 9.59 Å². The summed E-state index contributed by atoms with van der Waals surface area (Å²) in [5.41, 5.74) is 5.17. The number of nitrogens with two attached hydrogens (primary N) is 1. The van der Waals surface area contributed by atoms with Gasteiger partial charge in [0.25, 0.3) is 11.8 Å². The third-order valence-electron chi connectivity index (χ3n) is 3.30. The summed E-state index contributed by atoms with van der Waals surface area (Å²) >= 11 is 0. The van der Waals surface area contributed by atoms with Gasteiger partial charge in [0.05, 0.1) is 14.2 Å². The second kappa shape index (κ2) is 8.76. The highest BCUT2D eigenvalue weighted by Crippen LogP contribution is 2.38. The monoisotopic (exact) mass is 354 g/mol. The molecular weight excluding hydrogens is 332 g/mol. The molecule has 9 nitrogen and oxygen atoms in total. The Hall–Kier alpha value is -2.97. The highest BCUT2D eigenvalue weighted by Gasteiger charge is 2.25. The number of methoxy groups -OCH3 is 2. The van der Waals surface area contributed by atoms with Crippen LogP contribution in [0.25, 0.3) is 0 Å². The van der Waals surface area contributed by atoms with Crippen molar-refractivity contribution in [1.29, 1.82) is 0 Å². The number of aliphatic carboxylic acids is 1. The predicted molar refractivity (Wildman–Crippen MR) is 88.0 cm³/mol. The van der Waals surface area contributed by atoms with Gasteiger partial charge in [0.1, 0.15) is 6.04 Å². The summed E-state index contributed by atoms with van der Waals surface area (Å²) in [5.74, 6) is -2.35. The van der Waals surface area contributed by atoms with E-state index in [0.29, 0.717) is 0 Å². The van der Waals surface area contributed by atoms with E-state index in [1.807, 2.05) is 0 Å². The molecular formula is C16H22N2O7. The normalized spacial score (nSPS) is 11.6. The van der Waals surface area contributed by atoms with E-state index in [0.717, 1.165) is 0 Å². The first-order valence-corrected chi connectivity index (χ1v) is 7.42. The van der Waals surface area contributed by atoms with E-state index >= 15 is 0 Å². The maximum atomic E-state index is 12.4. The fourth-order valence-corrected chi connectivity index (χ4v) is 2.03. The molecule has 1 aromatic rings. The van der Waals surface area contributed by atoms with E-state index < -0.39 is 30.4 Å². The van der Waals surface area contributed by atoms with Crippen LogP contribution in [0.3, 0.4) is 0 Å². The van der Waals surface area contributed by atoms with Crippen molar-refractivity contribution >= 4 is 17.8 Å². The molecule has 0 bridgehead atoms. The average molecular weight is 354 g/mol. The molecule has 0 spiro atoms. The third-order valence-corrected chi connectivity index (χ3v) is 3.30. The number of amides is 2. The molecule has 138 valence electrons. The van der Waals surface area contributed by atoms with Crippen molar-refractivity contribution in [3.63, 3.8) is 0 Å². The molecule has 1 rings (SSSR count). The Bertz CT molecular complexity index is 633. The second-order valence-electron chi connectivity index (χ2n) is 5.50. The van der Waals surface area contributed by atoms with Crippen LogP contribution < -0.4 is 25.3 Å². The van der Waals surface area contributed by atoms with E-state index in [2.05, 4.69) is 5.32 Å². The third kappa shape index (κ3) is 5.27. The van der Waals surface area contributed by atoms with Gasteiger partial charge in [-0.25, -0.2) is 4.79 Å². The zero-order valence-corrected chi connectivity index (χ0v) is 14.5. The summed E-state index contributed by atoms with van der Waals surface area (Å²) in [6.45, 7) is 2.97. The van der Waals surface area contributed by atoms with Crippen LogP contribution in [0.5, 0.6) is 17.2 Å². The quantitative estimate of drug-likeness (QED) is 0.584. The number of primary amides is 1. The summed E-state index contributed by atoms with van der Waals surface area (Å²) < 4.78 is 15.6. The Morgan fingerprint density at radius 3 is 2.04 bits per heavy atom. The standard InChI is InChI=1S/C16H22N2O7/c1-8(2)13(16(21)22)18-15(20)9-5-10(23-3)14(11(6-9)24-4)25-7-12(17)19/h5-6,8,13H,7H2,1-4H3,(H2,17,19)(H,18,20)(H,21,22)/t13-/m0/s1. The average Bonchev–Trinajstić information content (AvgIpc) is 2.55. The van der Waals surface area contributed by atoms with E-state index in [9.17, 15) is 19.5 Å². The SMILES string of the molecule is COc1cc(C(=O)N[C@H](C(=O)O)C(C)C)cc(OC)c1OCC(N)=O. The van der Waals surface area contributed by atoms with Crippen molar-refractivity contribution in [2.75, 3.05) is 20.8 Å². The number of hydrogen-bond acceptors (Lipinski definition) is 6. The van der Waals surface area contributed by atoms with E-state index in [-0.39, 0.29) is 28.7 Å². The van der Waals surface area contributed by atoms with Crippen molar-refractivity contribution in [3.05, 3.63) is 17.7 Å². The minimum absolute atomic E-state index is 0.110. The van der Waals surface area contributed by atoms with Gasteiger partial charge < -0.3 is 30.4 Å². The first-order chi connectivity index (χ1) is 11.7. The molecule has 0 saturated heterocycles. The maximum Gasteiger partial charge on any atom is 0.326 e. The Kier molecular flexibility index (Phi) is 7.04. The Morgan fingerprint density at radius 2 is 1.68 bits per heavy atom. The second-order valence-corrected chi connectivity index (χ2v) is 5.50. The number of carbonyl (C=O) groups excluding carboxylic acids is 2. The molecule has 9 heteroatoms. The molecule has 0 fully saturated rings. The van der Waals surface area contributed by atoms with Crippen molar-refractivity contribution in [2.45, 2.75) is 19.9 Å². The molecule has 0 aliphatic rings. The maximum absolute atomic E-state index is 12.4. The first-order valence-electron chi connectivity index (χ1n) is 7.42. The lowest BCUT2D eigenvalue weighted by Crippen LogP contribution is -2.44. The van der Waals surface area contributed by atoms with E-state index in [1.165, 1.54) is 26.4 Å². The minimum atomic E-state index is -1.14. The molecule has 0 aromatic heterocycles. The number of hydrogen-bond donors (Lipinski definition) is 3. The number of carboxylic acid groups (broad SMARTS) is 1. The van der Waals surface area contributed by atoms with Crippen LogP contribution in [0.1, 0.15) is 24.2 Å². The lowest BCUT2D eigenvalue weighted by atomic mass is 10.0. The van der Waals surface area contributed by atoms with Crippen LogP contribution >= 0.6 is 0 Å². The Balaban J connectivity index is 3.17. The van der Waals surface area contributed by atoms with E-state index in [4.69, 9.17) is 19.9 Å². The predicted octanol–water partition coefficient (Wildman–Crippen LogP) is 0.407. The van der Waals surface area contributed by atoms with Gasteiger partial charge in [0, 0.05) is 5.56 Å². The van der Waals surface area contributed by atoms with Crippen LogP contribution in [0.4, 0.5) is 0 Å². The fourth-order valence-electron chi connectivity index (χ4n) is 2.03. The number of ether oxygens (including phenoxy) is 3. The zero-order valence-electron chi connectivity index (χ0n) is 14.5. The van der Waals surface area contributed by atoms with Crippen molar-refractivity contribution in [1.82, 2.24) is 5.32 Å². The summed E-state index contributed by atoms with van der Waals surface area (Å²) in [6.07, 6.45) is 0. The lowest BCUT2D eigenvalue weighted by molar-refractivity contribution is -0.140. The molecule has 0 saturated carbocycles. The van der Waals surface area contributed by atoms with Gasteiger partial charge in [-0.05, 0) is 18.1 Å². The highest BCUT2D eigenvalue weighted by molar-refractivity contribution is 5.97. The fraction of sp³-hybridized carbons (Fsp3) is 0.438. The smallest absolute Gasteiger partial charge is 0.326 e. The molecule has 1 atom stereocenters. The minimum Gasteiger partial charge on any atom is -0.493 e. The molecule has 4 N–H and O–H groups in total. The van der Waals surface area contributed by atoms with Gasteiger partial charge in [-0.15, -0.1) is 0 Å². The van der Waals surface area contributed by atoms with Crippen LogP contribution in [0.15, 0.2) is 12.1 Å². The van der Waals surface area contributed by atoms with Crippen LogP contribution in [0.2, 0.25) is 0 Å². The molecule has 0 aliphatic carbocycles. The van der Waals surface area contributed by atoms with Gasteiger partial charge in [-0.2, -0.15) is 0 Å². The molecule has 25 heavy (non-hydrogen) atoms. The van der Waals surface area contributed by atoms with Crippen LogP contribution in [0, 0.1) is 5.92 Å². The molecule has 2 amide bonds. The van der Waals surface area contributed by atoms with Gasteiger partial charge in [0.2, 0.25) is 5.75 Å². The first kappa shape index (κ1) is 20.1. The lowest BCUT2D eigenvalue weighted by Gasteiger charge is -2.19. The van der Waals surface area contributed by atoms with E-state index in [1.54, 1.807) is 13.8 Å². The number of carbonyl (C=O) groups is 3. The van der Waals surface area contributed by atoms with Crippen molar-refractivity contribution in [2.24, 2.45) is 11.7 Å². The van der Waals surface area contributed by atoms with Crippen LogP contribution in [-0.4, -0.2) is 49.8 Å². The topological polar surface area (TPSA) is 137 Å². The van der Waals surface area contributed by atoms with Crippen molar-refractivity contribution in [3.8, 4) is 17.2 Å². The number of nitrogens with one attached hydrogen (secondary N) is 1. The summed E-state index contributed by atoms with van der Waals surface area (Å²) in [4.78, 5) is 34.5. The molecule has 1 aromatic carbocycles. The summed E-state index contributed by atoms with van der Waals surface area (Å²) in [6, 6.07) is 1.66. The largest absolute Gasteiger partial charge is 0.493 e. The summed E-state index contributed by atoms with van der Waals surface area (Å²) in [7, 11) is 2.70. The molecule has 0 unspecified atom stereocenters.